The van der Waals surface area contributed by atoms with Crippen molar-refractivity contribution in [2.24, 2.45) is 0 Å². The van der Waals surface area contributed by atoms with Crippen molar-refractivity contribution in [1.29, 1.82) is 0 Å². The second-order valence-electron chi connectivity index (χ2n) is 3.72. The summed E-state index contributed by atoms with van der Waals surface area (Å²) < 4.78 is 31.5. The number of halogens is 2. The van der Waals surface area contributed by atoms with Crippen molar-refractivity contribution in [3.8, 4) is 5.75 Å². The molecule has 1 rings (SSSR count). The molecule has 0 aliphatic heterocycles. The molecular weight excluding hydrogens is 212 g/mol. The fourth-order valence-corrected chi connectivity index (χ4v) is 1.39. The van der Waals surface area contributed by atoms with E-state index in [0.29, 0.717) is 18.5 Å². The average molecular weight is 229 g/mol. The number of hydrogen-bond donors (Lipinski definition) is 0. The summed E-state index contributed by atoms with van der Waals surface area (Å²) in [6.45, 7) is 3.62. The highest BCUT2D eigenvalue weighted by atomic mass is 19.1. The maximum absolute atomic E-state index is 13.5. The number of benzene rings is 1. The first kappa shape index (κ1) is 12.9. The van der Waals surface area contributed by atoms with Crippen LogP contribution in [0.5, 0.6) is 5.75 Å². The summed E-state index contributed by atoms with van der Waals surface area (Å²) in [5, 5.41) is 0. The van der Waals surface area contributed by atoms with E-state index in [1.54, 1.807) is 0 Å². The van der Waals surface area contributed by atoms with E-state index in [1.807, 2.05) is 18.9 Å². The first-order valence-corrected chi connectivity index (χ1v) is 5.29. The number of likely N-dealkylation sites (N-methyl/N-ethyl adjacent to an activating group) is 1. The average Bonchev–Trinajstić information content (AvgIpc) is 2.29. The molecule has 0 bridgehead atoms. The topological polar surface area (TPSA) is 12.5 Å². The van der Waals surface area contributed by atoms with Gasteiger partial charge in [0, 0.05) is 12.6 Å². The molecule has 90 valence electrons. The summed E-state index contributed by atoms with van der Waals surface area (Å²) in [5.74, 6) is -0.981. The zero-order valence-electron chi connectivity index (χ0n) is 9.89. The summed E-state index contributed by atoms with van der Waals surface area (Å²) >= 11 is 0. The number of rotatable bonds is 5. The Kier molecular flexibility index (Phi) is 4.68. The smallest absolute Gasteiger partial charge is 0.165 e. The molecule has 2 nitrogen and oxygen atoms in total. The van der Waals surface area contributed by atoms with Gasteiger partial charge in [-0.05, 0) is 31.6 Å². The van der Waals surface area contributed by atoms with Crippen molar-refractivity contribution in [2.75, 3.05) is 27.2 Å². The van der Waals surface area contributed by atoms with Gasteiger partial charge in [-0.25, -0.2) is 8.78 Å². The Morgan fingerprint density at radius 2 is 1.94 bits per heavy atom. The fourth-order valence-electron chi connectivity index (χ4n) is 1.39. The van der Waals surface area contributed by atoms with Crippen LogP contribution in [0.1, 0.15) is 12.5 Å². The highest BCUT2D eigenvalue weighted by molar-refractivity contribution is 5.31. The van der Waals surface area contributed by atoms with E-state index in [2.05, 4.69) is 0 Å². The van der Waals surface area contributed by atoms with Gasteiger partial charge in [-0.3, -0.25) is 0 Å². The van der Waals surface area contributed by atoms with Crippen LogP contribution in [0.4, 0.5) is 8.78 Å². The molecule has 1 aromatic carbocycles. The summed E-state index contributed by atoms with van der Waals surface area (Å²) in [5.41, 5.74) is 0.388. The van der Waals surface area contributed by atoms with Crippen LogP contribution < -0.4 is 4.74 Å². The Morgan fingerprint density at radius 3 is 2.50 bits per heavy atom. The Hall–Kier alpha value is -1.16. The SMILES string of the molecule is CCN(C)CCc1cc(F)c(OC)cc1F. The fraction of sp³-hybridized carbons (Fsp3) is 0.500. The summed E-state index contributed by atoms with van der Waals surface area (Å²) in [6.07, 6.45) is 0.497. The molecule has 0 aliphatic rings. The molecule has 0 N–H and O–H groups in total. The van der Waals surface area contributed by atoms with Crippen molar-refractivity contribution in [3.63, 3.8) is 0 Å². The highest BCUT2D eigenvalue weighted by Crippen LogP contribution is 2.21. The zero-order chi connectivity index (χ0) is 12.1. The van der Waals surface area contributed by atoms with Crippen molar-refractivity contribution < 1.29 is 13.5 Å². The Balaban J connectivity index is 2.77. The van der Waals surface area contributed by atoms with Gasteiger partial charge in [0.15, 0.2) is 11.6 Å². The number of methoxy groups -OCH3 is 1. The third kappa shape index (κ3) is 3.17. The molecule has 0 heterocycles. The first-order valence-electron chi connectivity index (χ1n) is 5.29. The minimum Gasteiger partial charge on any atom is -0.494 e. The van der Waals surface area contributed by atoms with Gasteiger partial charge in [0.2, 0.25) is 0 Å². The Bertz CT molecular complexity index is 355. The van der Waals surface area contributed by atoms with Crippen molar-refractivity contribution in [1.82, 2.24) is 4.90 Å². The molecular formula is C12H17F2NO. The van der Waals surface area contributed by atoms with E-state index < -0.39 is 11.6 Å². The quantitative estimate of drug-likeness (QED) is 0.769. The van der Waals surface area contributed by atoms with Crippen LogP contribution in [0.3, 0.4) is 0 Å². The molecule has 0 spiro atoms. The third-order valence-corrected chi connectivity index (χ3v) is 2.62. The van der Waals surface area contributed by atoms with Crippen LogP contribution in [0, 0.1) is 11.6 Å². The van der Waals surface area contributed by atoms with Crippen LogP contribution in [0.15, 0.2) is 12.1 Å². The molecule has 0 fully saturated rings. The second kappa shape index (κ2) is 5.80. The predicted octanol–water partition coefficient (Wildman–Crippen LogP) is 2.47. The van der Waals surface area contributed by atoms with E-state index in [-0.39, 0.29) is 5.75 Å². The number of ether oxygens (including phenoxy) is 1. The van der Waals surface area contributed by atoms with Gasteiger partial charge in [-0.1, -0.05) is 6.92 Å². The highest BCUT2D eigenvalue weighted by Gasteiger charge is 2.10. The zero-order valence-corrected chi connectivity index (χ0v) is 9.89. The lowest BCUT2D eigenvalue weighted by molar-refractivity contribution is 0.353. The first-order chi connectivity index (χ1) is 7.58. The van der Waals surface area contributed by atoms with Crippen molar-refractivity contribution >= 4 is 0 Å². The second-order valence-corrected chi connectivity index (χ2v) is 3.72. The summed E-state index contributed by atoms with van der Waals surface area (Å²) in [4.78, 5) is 2.04. The van der Waals surface area contributed by atoms with Gasteiger partial charge in [-0.2, -0.15) is 0 Å². The van der Waals surface area contributed by atoms with Crippen LogP contribution in [0.2, 0.25) is 0 Å². The van der Waals surface area contributed by atoms with E-state index in [4.69, 9.17) is 4.74 Å². The van der Waals surface area contributed by atoms with Crippen molar-refractivity contribution in [2.45, 2.75) is 13.3 Å². The molecule has 0 radical (unpaired) electrons. The van der Waals surface area contributed by atoms with Crippen LogP contribution in [-0.4, -0.2) is 32.1 Å². The molecule has 0 aromatic heterocycles. The minimum atomic E-state index is -0.516. The summed E-state index contributed by atoms with van der Waals surface area (Å²) in [6, 6.07) is 2.30. The van der Waals surface area contributed by atoms with Crippen LogP contribution >= 0.6 is 0 Å². The normalized spacial score (nSPS) is 10.9. The maximum Gasteiger partial charge on any atom is 0.165 e. The van der Waals surface area contributed by atoms with Gasteiger partial charge >= 0.3 is 0 Å². The molecule has 16 heavy (non-hydrogen) atoms. The molecule has 0 saturated heterocycles. The standard InChI is InChI=1S/C12H17F2NO/c1-4-15(2)6-5-9-7-11(14)12(16-3)8-10(9)13/h7-8H,4-6H2,1-3H3. The number of nitrogens with zero attached hydrogens (tertiary/aromatic N) is 1. The van der Waals surface area contributed by atoms with Gasteiger partial charge in [0.05, 0.1) is 7.11 Å². The third-order valence-electron chi connectivity index (χ3n) is 2.62. The van der Waals surface area contributed by atoms with Gasteiger partial charge in [-0.15, -0.1) is 0 Å². The molecule has 0 saturated carbocycles. The Morgan fingerprint density at radius 1 is 1.25 bits per heavy atom. The van der Waals surface area contributed by atoms with Crippen LogP contribution in [-0.2, 0) is 6.42 Å². The predicted molar refractivity (Wildman–Crippen MR) is 59.8 cm³/mol. The van der Waals surface area contributed by atoms with Crippen LogP contribution in [0.25, 0.3) is 0 Å². The van der Waals surface area contributed by atoms with Gasteiger partial charge in [0.25, 0.3) is 0 Å². The molecule has 4 heteroatoms. The largest absolute Gasteiger partial charge is 0.494 e. The lowest BCUT2D eigenvalue weighted by Crippen LogP contribution is -2.20. The van der Waals surface area contributed by atoms with Gasteiger partial charge in [0.1, 0.15) is 5.82 Å². The molecule has 0 atom stereocenters. The van der Waals surface area contributed by atoms with Gasteiger partial charge < -0.3 is 9.64 Å². The number of hydrogen-bond acceptors (Lipinski definition) is 2. The maximum atomic E-state index is 13.5. The molecule has 1 aromatic rings. The van der Waals surface area contributed by atoms with E-state index in [0.717, 1.165) is 12.6 Å². The van der Waals surface area contributed by atoms with E-state index in [1.165, 1.54) is 13.2 Å². The molecule has 0 unspecified atom stereocenters. The molecule has 0 aliphatic carbocycles. The van der Waals surface area contributed by atoms with E-state index in [9.17, 15) is 8.78 Å². The monoisotopic (exact) mass is 229 g/mol. The summed E-state index contributed by atoms with van der Waals surface area (Å²) in [7, 11) is 3.26. The lowest BCUT2D eigenvalue weighted by Gasteiger charge is -2.14. The minimum absolute atomic E-state index is 0.0508. The Labute approximate surface area is 94.8 Å². The lowest BCUT2D eigenvalue weighted by atomic mass is 10.1. The van der Waals surface area contributed by atoms with Crippen molar-refractivity contribution in [3.05, 3.63) is 29.3 Å². The van der Waals surface area contributed by atoms with E-state index >= 15 is 0 Å². The molecule has 0 amide bonds.